The number of benzene rings is 4. The van der Waals surface area contributed by atoms with Gasteiger partial charge < -0.3 is 23.7 Å². The highest BCUT2D eigenvalue weighted by atomic mass is 79.9. The van der Waals surface area contributed by atoms with Crippen LogP contribution in [0, 0.1) is 0 Å². The average Bonchev–Trinajstić information content (AvgIpc) is 2.97. The summed E-state index contributed by atoms with van der Waals surface area (Å²) in [6, 6.07) is 21.2. The Morgan fingerprint density at radius 1 is 0.825 bits per heavy atom. The lowest BCUT2D eigenvalue weighted by Gasteiger charge is -2.12. The van der Waals surface area contributed by atoms with Gasteiger partial charge in [-0.25, -0.2) is 10.2 Å². The molecule has 0 unspecified atom stereocenters. The first kappa shape index (κ1) is 28.4. The maximum atomic E-state index is 12.8. The lowest BCUT2D eigenvalue weighted by molar-refractivity contribution is -0.123. The molecule has 40 heavy (non-hydrogen) atoms. The quantitative estimate of drug-likeness (QED) is 0.100. The molecule has 0 heterocycles. The standard InChI is InChI=1S/C30H27BrN2O7/c1-4-38-28-13-19(5-11-26(28)40-30(35)22-8-12-25(36-2)27(16-22)37-3)17-32-33-29(34)18-39-24-10-7-20-14-23(31)9-6-21(20)15-24/h5-17H,4,18H2,1-3H3,(H,33,34)/b32-17-. The van der Waals surface area contributed by atoms with Gasteiger partial charge in [0.15, 0.2) is 29.6 Å². The Morgan fingerprint density at radius 2 is 1.57 bits per heavy atom. The second kappa shape index (κ2) is 13.5. The van der Waals surface area contributed by atoms with E-state index in [9.17, 15) is 9.59 Å². The van der Waals surface area contributed by atoms with Crippen LogP contribution in [0.3, 0.4) is 0 Å². The number of rotatable bonds is 11. The Hall–Kier alpha value is -4.57. The van der Waals surface area contributed by atoms with E-state index in [1.807, 2.05) is 37.3 Å². The van der Waals surface area contributed by atoms with E-state index in [0.29, 0.717) is 35.2 Å². The largest absolute Gasteiger partial charge is 0.493 e. The Bertz CT molecular complexity index is 1550. The summed E-state index contributed by atoms with van der Waals surface area (Å²) in [5.74, 6) is 1.06. The molecule has 0 radical (unpaired) electrons. The molecule has 206 valence electrons. The molecule has 0 bridgehead atoms. The summed E-state index contributed by atoms with van der Waals surface area (Å²) in [7, 11) is 3.00. The first-order valence-electron chi connectivity index (χ1n) is 12.2. The summed E-state index contributed by atoms with van der Waals surface area (Å²) in [5, 5.41) is 6.05. The van der Waals surface area contributed by atoms with Crippen LogP contribution in [0.2, 0.25) is 0 Å². The Balaban J connectivity index is 1.35. The number of hydrogen-bond acceptors (Lipinski definition) is 8. The van der Waals surface area contributed by atoms with Crippen LogP contribution < -0.4 is 29.1 Å². The molecule has 0 aliphatic heterocycles. The average molecular weight is 607 g/mol. The van der Waals surface area contributed by atoms with E-state index in [1.165, 1.54) is 26.5 Å². The number of ether oxygens (including phenoxy) is 5. The van der Waals surface area contributed by atoms with Crippen LogP contribution in [-0.2, 0) is 4.79 Å². The Labute approximate surface area is 239 Å². The van der Waals surface area contributed by atoms with E-state index < -0.39 is 11.9 Å². The minimum Gasteiger partial charge on any atom is -0.493 e. The molecule has 0 fully saturated rings. The number of carbonyl (C=O) groups is 2. The molecule has 4 aromatic rings. The highest BCUT2D eigenvalue weighted by molar-refractivity contribution is 9.10. The molecule has 0 atom stereocenters. The predicted octanol–water partition coefficient (Wildman–Crippen LogP) is 5.77. The maximum Gasteiger partial charge on any atom is 0.343 e. The second-order valence-electron chi connectivity index (χ2n) is 8.33. The molecule has 1 N–H and O–H groups in total. The van der Waals surface area contributed by atoms with Crippen molar-refractivity contribution < 1.29 is 33.3 Å². The molecule has 0 saturated carbocycles. The van der Waals surface area contributed by atoms with E-state index in [0.717, 1.165) is 15.2 Å². The number of hydrazone groups is 1. The molecule has 4 aromatic carbocycles. The van der Waals surface area contributed by atoms with Gasteiger partial charge in [0.2, 0.25) is 0 Å². The fourth-order valence-corrected chi connectivity index (χ4v) is 4.10. The van der Waals surface area contributed by atoms with Gasteiger partial charge in [-0.1, -0.05) is 28.1 Å². The van der Waals surface area contributed by atoms with E-state index in [2.05, 4.69) is 26.5 Å². The minimum atomic E-state index is -0.588. The van der Waals surface area contributed by atoms with Gasteiger partial charge in [0.05, 0.1) is 32.6 Å². The number of methoxy groups -OCH3 is 2. The zero-order valence-electron chi connectivity index (χ0n) is 22.1. The highest BCUT2D eigenvalue weighted by Crippen LogP contribution is 2.31. The topological polar surface area (TPSA) is 105 Å². The molecular weight excluding hydrogens is 580 g/mol. The molecule has 0 aliphatic rings. The van der Waals surface area contributed by atoms with Gasteiger partial charge in [0.1, 0.15) is 5.75 Å². The number of amides is 1. The normalized spacial score (nSPS) is 10.8. The number of halogens is 1. The smallest absolute Gasteiger partial charge is 0.343 e. The first-order valence-corrected chi connectivity index (χ1v) is 13.0. The zero-order chi connectivity index (χ0) is 28.5. The summed E-state index contributed by atoms with van der Waals surface area (Å²) in [6.07, 6.45) is 1.45. The SMILES string of the molecule is CCOc1cc(/C=N\NC(=O)COc2ccc3cc(Br)ccc3c2)ccc1OC(=O)c1ccc(OC)c(OC)c1. The van der Waals surface area contributed by atoms with Crippen LogP contribution in [0.4, 0.5) is 0 Å². The predicted molar refractivity (Wildman–Crippen MR) is 155 cm³/mol. The van der Waals surface area contributed by atoms with E-state index in [1.54, 1.807) is 36.4 Å². The van der Waals surface area contributed by atoms with Gasteiger partial charge in [-0.2, -0.15) is 5.10 Å². The second-order valence-corrected chi connectivity index (χ2v) is 9.25. The summed E-state index contributed by atoms with van der Waals surface area (Å²) in [4.78, 5) is 25.0. The molecule has 0 aliphatic carbocycles. The number of esters is 1. The van der Waals surface area contributed by atoms with Crippen LogP contribution in [0.15, 0.2) is 82.4 Å². The molecular formula is C30H27BrN2O7. The van der Waals surface area contributed by atoms with E-state index in [4.69, 9.17) is 23.7 Å². The number of hydrogen-bond donors (Lipinski definition) is 1. The van der Waals surface area contributed by atoms with Gasteiger partial charge in [-0.15, -0.1) is 0 Å². The van der Waals surface area contributed by atoms with E-state index >= 15 is 0 Å². The number of nitrogens with zero attached hydrogens (tertiary/aromatic N) is 1. The Kier molecular flexibility index (Phi) is 9.58. The van der Waals surface area contributed by atoms with Gasteiger partial charge >= 0.3 is 5.97 Å². The van der Waals surface area contributed by atoms with Gasteiger partial charge in [-0.05, 0) is 83.9 Å². The zero-order valence-corrected chi connectivity index (χ0v) is 23.7. The summed E-state index contributed by atoms with van der Waals surface area (Å²) < 4.78 is 28.3. The van der Waals surface area contributed by atoms with Crippen LogP contribution in [-0.4, -0.2) is 45.5 Å². The third-order valence-electron chi connectivity index (χ3n) is 5.64. The maximum absolute atomic E-state index is 12.8. The van der Waals surface area contributed by atoms with Crippen molar-refractivity contribution in [3.63, 3.8) is 0 Å². The van der Waals surface area contributed by atoms with Crippen molar-refractivity contribution in [3.8, 4) is 28.7 Å². The lowest BCUT2D eigenvalue weighted by Crippen LogP contribution is -2.24. The Morgan fingerprint density at radius 3 is 2.35 bits per heavy atom. The van der Waals surface area contributed by atoms with Gasteiger partial charge in [0.25, 0.3) is 5.91 Å². The third kappa shape index (κ3) is 7.29. The van der Waals surface area contributed by atoms with Gasteiger partial charge in [0, 0.05) is 4.47 Å². The monoisotopic (exact) mass is 606 g/mol. The summed E-state index contributed by atoms with van der Waals surface area (Å²) in [5.41, 5.74) is 3.34. The minimum absolute atomic E-state index is 0.200. The van der Waals surface area contributed by atoms with Crippen LogP contribution in [0.1, 0.15) is 22.8 Å². The molecule has 10 heteroatoms. The molecule has 4 rings (SSSR count). The van der Waals surface area contributed by atoms with Crippen molar-refractivity contribution in [1.29, 1.82) is 0 Å². The van der Waals surface area contributed by atoms with Crippen molar-refractivity contribution in [2.45, 2.75) is 6.92 Å². The molecule has 0 aromatic heterocycles. The molecule has 1 amide bonds. The third-order valence-corrected chi connectivity index (χ3v) is 6.13. The number of nitrogens with one attached hydrogen (secondary N) is 1. The number of fused-ring (bicyclic) bond motifs is 1. The van der Waals surface area contributed by atoms with Crippen molar-refractivity contribution in [2.24, 2.45) is 5.10 Å². The lowest BCUT2D eigenvalue weighted by atomic mass is 10.1. The van der Waals surface area contributed by atoms with Crippen molar-refractivity contribution in [1.82, 2.24) is 5.43 Å². The fourth-order valence-electron chi connectivity index (χ4n) is 3.72. The molecule has 9 nitrogen and oxygen atoms in total. The fraction of sp³-hybridized carbons (Fsp3) is 0.167. The van der Waals surface area contributed by atoms with Gasteiger partial charge in [-0.3, -0.25) is 4.79 Å². The number of carbonyl (C=O) groups excluding carboxylic acids is 2. The van der Waals surface area contributed by atoms with Crippen molar-refractivity contribution >= 4 is 44.8 Å². The van der Waals surface area contributed by atoms with Crippen LogP contribution in [0.25, 0.3) is 10.8 Å². The van der Waals surface area contributed by atoms with E-state index in [-0.39, 0.29) is 17.9 Å². The molecule has 0 spiro atoms. The first-order chi connectivity index (χ1) is 19.4. The molecule has 0 saturated heterocycles. The van der Waals surface area contributed by atoms with Crippen molar-refractivity contribution in [2.75, 3.05) is 27.4 Å². The highest BCUT2D eigenvalue weighted by Gasteiger charge is 2.16. The summed E-state index contributed by atoms with van der Waals surface area (Å²) in [6.45, 7) is 1.96. The van der Waals surface area contributed by atoms with Crippen molar-refractivity contribution in [3.05, 3.63) is 88.4 Å². The van der Waals surface area contributed by atoms with Crippen LogP contribution >= 0.6 is 15.9 Å². The van der Waals surface area contributed by atoms with Crippen LogP contribution in [0.5, 0.6) is 28.7 Å². The summed E-state index contributed by atoms with van der Waals surface area (Å²) >= 11 is 3.45.